The molecule has 96 valence electrons. The number of hydrogen-bond acceptors (Lipinski definition) is 5. The largest absolute Gasteiger partial charge is 0.507 e. The molecule has 0 atom stereocenters. The van der Waals surface area contributed by atoms with Crippen LogP contribution in [0.4, 0.5) is 0 Å². The summed E-state index contributed by atoms with van der Waals surface area (Å²) in [6.07, 6.45) is 3.61. The van der Waals surface area contributed by atoms with Crippen molar-refractivity contribution in [3.05, 3.63) is 33.8 Å². The molecule has 0 aliphatic heterocycles. The summed E-state index contributed by atoms with van der Waals surface area (Å²) in [7, 11) is 1.59. The van der Waals surface area contributed by atoms with Gasteiger partial charge in [-0.15, -0.1) is 27.2 Å². The SMILES string of the molecule is Br.COc1ccc(O)c(C=Cc2nnc(C)s2)c1. The first-order valence-corrected chi connectivity index (χ1v) is 5.86. The average Bonchev–Trinajstić information content (AvgIpc) is 2.74. The van der Waals surface area contributed by atoms with Crippen molar-refractivity contribution in [3.8, 4) is 11.5 Å². The molecule has 0 aliphatic rings. The number of aromatic hydroxyl groups is 1. The van der Waals surface area contributed by atoms with Crippen LogP contribution < -0.4 is 4.74 Å². The van der Waals surface area contributed by atoms with E-state index in [0.717, 1.165) is 10.0 Å². The highest BCUT2D eigenvalue weighted by molar-refractivity contribution is 8.93. The van der Waals surface area contributed by atoms with E-state index in [2.05, 4.69) is 10.2 Å². The minimum absolute atomic E-state index is 0. The van der Waals surface area contributed by atoms with Gasteiger partial charge in [0.1, 0.15) is 21.5 Å². The Morgan fingerprint density at radius 3 is 2.67 bits per heavy atom. The zero-order valence-corrected chi connectivity index (χ0v) is 12.5. The van der Waals surface area contributed by atoms with Gasteiger partial charge < -0.3 is 9.84 Å². The van der Waals surface area contributed by atoms with Gasteiger partial charge in [0, 0.05) is 5.56 Å². The van der Waals surface area contributed by atoms with Crippen molar-refractivity contribution >= 4 is 40.5 Å². The van der Waals surface area contributed by atoms with Gasteiger partial charge in [-0.2, -0.15) is 0 Å². The molecule has 0 fully saturated rings. The second kappa shape index (κ2) is 6.51. The Morgan fingerprint density at radius 2 is 2.06 bits per heavy atom. The van der Waals surface area contributed by atoms with Crippen LogP contribution in [0.25, 0.3) is 12.2 Å². The molecule has 0 bridgehead atoms. The van der Waals surface area contributed by atoms with Crippen molar-refractivity contribution in [1.29, 1.82) is 0 Å². The van der Waals surface area contributed by atoms with Crippen LogP contribution in [0.3, 0.4) is 0 Å². The van der Waals surface area contributed by atoms with Crippen molar-refractivity contribution < 1.29 is 9.84 Å². The van der Waals surface area contributed by atoms with Crippen LogP contribution in [0, 0.1) is 6.92 Å². The molecular weight excluding hydrogens is 316 g/mol. The molecule has 6 heteroatoms. The Bertz CT molecular complexity index is 555. The fourth-order valence-electron chi connectivity index (χ4n) is 1.33. The summed E-state index contributed by atoms with van der Waals surface area (Å²) >= 11 is 1.50. The maximum Gasteiger partial charge on any atom is 0.140 e. The minimum atomic E-state index is 0. The van der Waals surface area contributed by atoms with E-state index in [9.17, 15) is 5.11 Å². The van der Waals surface area contributed by atoms with Gasteiger partial charge in [0.15, 0.2) is 0 Å². The molecule has 1 aromatic heterocycles. The third-order valence-electron chi connectivity index (χ3n) is 2.18. The zero-order valence-electron chi connectivity index (χ0n) is 9.95. The average molecular weight is 329 g/mol. The molecule has 0 saturated carbocycles. The molecule has 2 rings (SSSR count). The van der Waals surface area contributed by atoms with Gasteiger partial charge in [0.2, 0.25) is 0 Å². The van der Waals surface area contributed by atoms with E-state index in [0.29, 0.717) is 11.3 Å². The lowest BCUT2D eigenvalue weighted by Gasteiger charge is -2.02. The van der Waals surface area contributed by atoms with Crippen molar-refractivity contribution in [1.82, 2.24) is 10.2 Å². The summed E-state index contributed by atoms with van der Waals surface area (Å²) in [5.41, 5.74) is 0.692. The molecule has 1 N–H and O–H groups in total. The van der Waals surface area contributed by atoms with Crippen LogP contribution >= 0.6 is 28.3 Å². The first kappa shape index (κ1) is 14.7. The summed E-state index contributed by atoms with van der Waals surface area (Å²) in [4.78, 5) is 0. The number of hydrogen-bond donors (Lipinski definition) is 1. The molecule has 0 saturated heterocycles. The van der Waals surface area contributed by atoms with Crippen LogP contribution in [-0.2, 0) is 0 Å². The van der Waals surface area contributed by atoms with Crippen LogP contribution in [0.1, 0.15) is 15.6 Å². The Hall–Kier alpha value is -1.40. The van der Waals surface area contributed by atoms with Gasteiger partial charge in [-0.3, -0.25) is 0 Å². The molecule has 0 spiro atoms. The Kier molecular flexibility index (Phi) is 5.30. The smallest absolute Gasteiger partial charge is 0.140 e. The second-order valence-electron chi connectivity index (χ2n) is 3.42. The molecule has 2 aromatic rings. The Balaban J connectivity index is 0.00000162. The topological polar surface area (TPSA) is 55.2 Å². The van der Waals surface area contributed by atoms with E-state index in [1.165, 1.54) is 11.3 Å². The highest BCUT2D eigenvalue weighted by atomic mass is 79.9. The zero-order chi connectivity index (χ0) is 12.3. The molecule has 1 heterocycles. The van der Waals surface area contributed by atoms with Crippen molar-refractivity contribution in [3.63, 3.8) is 0 Å². The predicted octanol–water partition coefficient (Wildman–Crippen LogP) is 3.31. The van der Waals surface area contributed by atoms with Gasteiger partial charge in [0.05, 0.1) is 7.11 Å². The number of nitrogens with zero attached hydrogens (tertiary/aromatic N) is 2. The number of ether oxygens (including phenoxy) is 1. The predicted molar refractivity (Wildman–Crippen MR) is 78.6 cm³/mol. The van der Waals surface area contributed by atoms with Gasteiger partial charge in [0.25, 0.3) is 0 Å². The summed E-state index contributed by atoms with van der Waals surface area (Å²) in [5.74, 6) is 0.916. The molecule has 0 radical (unpaired) electrons. The first-order chi connectivity index (χ1) is 8.19. The van der Waals surface area contributed by atoms with Gasteiger partial charge in [-0.25, -0.2) is 0 Å². The van der Waals surface area contributed by atoms with Crippen molar-refractivity contribution in [2.75, 3.05) is 7.11 Å². The highest BCUT2D eigenvalue weighted by Gasteiger charge is 2.01. The minimum Gasteiger partial charge on any atom is -0.507 e. The monoisotopic (exact) mass is 328 g/mol. The van der Waals surface area contributed by atoms with Gasteiger partial charge >= 0.3 is 0 Å². The molecule has 1 aromatic carbocycles. The highest BCUT2D eigenvalue weighted by Crippen LogP contribution is 2.25. The number of phenolic OH excluding ortho intramolecular Hbond substituents is 1. The standard InChI is InChI=1S/C12H12N2O2S.BrH/c1-8-13-14-12(17-8)6-3-9-7-10(16-2)4-5-11(9)15;/h3-7,15H,1-2H3;1H. The second-order valence-corrected chi connectivity index (χ2v) is 4.63. The lowest BCUT2D eigenvalue weighted by atomic mass is 10.2. The van der Waals surface area contributed by atoms with E-state index in [-0.39, 0.29) is 22.7 Å². The van der Waals surface area contributed by atoms with E-state index in [1.807, 2.05) is 13.0 Å². The van der Waals surface area contributed by atoms with Crippen molar-refractivity contribution in [2.24, 2.45) is 0 Å². The Morgan fingerprint density at radius 1 is 1.28 bits per heavy atom. The fourth-order valence-corrected chi connectivity index (χ4v) is 1.94. The van der Waals surface area contributed by atoms with Crippen LogP contribution in [0.15, 0.2) is 18.2 Å². The van der Waals surface area contributed by atoms with E-state index >= 15 is 0 Å². The van der Waals surface area contributed by atoms with Gasteiger partial charge in [-0.1, -0.05) is 11.3 Å². The molecule has 0 aliphatic carbocycles. The maximum absolute atomic E-state index is 9.67. The summed E-state index contributed by atoms with van der Waals surface area (Å²) in [5, 5.41) is 19.3. The summed E-state index contributed by atoms with van der Waals surface area (Å²) in [6, 6.07) is 5.07. The third-order valence-corrected chi connectivity index (χ3v) is 2.99. The molecule has 18 heavy (non-hydrogen) atoms. The maximum atomic E-state index is 9.67. The van der Waals surface area contributed by atoms with Gasteiger partial charge in [-0.05, 0) is 37.3 Å². The lowest BCUT2D eigenvalue weighted by molar-refractivity contribution is 0.412. The number of benzene rings is 1. The summed E-state index contributed by atoms with van der Waals surface area (Å²) in [6.45, 7) is 1.90. The molecular formula is C12H13BrN2O2S. The van der Waals surface area contributed by atoms with Crippen molar-refractivity contribution in [2.45, 2.75) is 6.92 Å². The number of phenols is 1. The molecule has 0 amide bonds. The number of methoxy groups -OCH3 is 1. The van der Waals surface area contributed by atoms with Crippen LogP contribution in [-0.4, -0.2) is 22.4 Å². The summed E-state index contributed by atoms with van der Waals surface area (Å²) < 4.78 is 5.10. The lowest BCUT2D eigenvalue weighted by Crippen LogP contribution is -1.83. The number of aryl methyl sites for hydroxylation is 1. The first-order valence-electron chi connectivity index (χ1n) is 5.04. The van der Waals surface area contributed by atoms with Crippen LogP contribution in [0.2, 0.25) is 0 Å². The number of aromatic nitrogens is 2. The van der Waals surface area contributed by atoms with Crippen LogP contribution in [0.5, 0.6) is 11.5 Å². The third kappa shape index (κ3) is 3.54. The normalized spacial score (nSPS) is 10.3. The number of rotatable bonds is 3. The quantitative estimate of drug-likeness (QED) is 0.939. The Labute approximate surface area is 120 Å². The molecule has 4 nitrogen and oxygen atoms in total. The fraction of sp³-hybridized carbons (Fsp3) is 0.167. The van der Waals surface area contributed by atoms with E-state index in [1.54, 1.807) is 31.4 Å². The van der Waals surface area contributed by atoms with E-state index < -0.39 is 0 Å². The molecule has 0 unspecified atom stereocenters. The number of halogens is 1. The van der Waals surface area contributed by atoms with E-state index in [4.69, 9.17) is 4.74 Å².